The first-order valence-corrected chi connectivity index (χ1v) is 17.4. The number of phenols is 2. The Kier molecular flexibility index (Phi) is 8.22. The monoisotopic (exact) mass is 751 g/mol. The number of halogens is 2. The van der Waals surface area contributed by atoms with Gasteiger partial charge < -0.3 is 20.1 Å². The summed E-state index contributed by atoms with van der Waals surface area (Å²) in [5, 5.41) is 32.9. The van der Waals surface area contributed by atoms with Crippen LogP contribution in [0, 0.1) is 29.5 Å². The van der Waals surface area contributed by atoms with E-state index in [1.807, 2.05) is 0 Å². The van der Waals surface area contributed by atoms with E-state index >= 15 is 4.79 Å². The van der Waals surface area contributed by atoms with Gasteiger partial charge in [-0.1, -0.05) is 47.5 Å². The van der Waals surface area contributed by atoms with E-state index in [0.717, 1.165) is 22.0 Å². The van der Waals surface area contributed by atoms with Gasteiger partial charge in [-0.15, -0.1) is 0 Å². The molecule has 0 spiro atoms. The highest BCUT2D eigenvalue weighted by Crippen LogP contribution is 2.65. The smallest absolute Gasteiger partial charge is 0.339 e. The van der Waals surface area contributed by atoms with Gasteiger partial charge in [0.25, 0.3) is 11.8 Å². The van der Waals surface area contributed by atoms with E-state index in [0.29, 0.717) is 16.2 Å². The maximum Gasteiger partial charge on any atom is 0.339 e. The first kappa shape index (κ1) is 34.9. The SMILES string of the molecule is COc1cccc(C2C3=CCC4C(=O)N(c5ccc(C(=O)O)c(O)c5)C(=O)C4C3CC3C(=O)N(Nc4ccc(F)cc4)C(=O)C32c2ccc(Cl)cc2)c1O. The number of allylic oxidation sites excluding steroid dienone is 2. The third-order valence-corrected chi connectivity index (χ3v) is 11.5. The lowest BCUT2D eigenvalue weighted by Gasteiger charge is -2.50. The number of carboxylic acid groups (broad SMARTS) is 1. The quantitative estimate of drug-likeness (QED) is 0.134. The van der Waals surface area contributed by atoms with Crippen molar-refractivity contribution in [3.05, 3.63) is 124 Å². The summed E-state index contributed by atoms with van der Waals surface area (Å²) in [6.45, 7) is 0. The van der Waals surface area contributed by atoms with E-state index in [-0.39, 0.29) is 41.3 Å². The van der Waals surface area contributed by atoms with Gasteiger partial charge in [0.1, 0.15) is 17.1 Å². The van der Waals surface area contributed by atoms with Crippen molar-refractivity contribution in [2.24, 2.45) is 23.7 Å². The number of hydrogen-bond acceptors (Lipinski definition) is 9. The number of carbonyl (C=O) groups excluding carboxylic acids is 4. The number of benzene rings is 4. The van der Waals surface area contributed by atoms with Crippen molar-refractivity contribution in [3.63, 3.8) is 0 Å². The molecule has 0 aromatic heterocycles. The number of ether oxygens (including phenoxy) is 1. The van der Waals surface area contributed by atoms with E-state index < -0.39 is 81.7 Å². The summed E-state index contributed by atoms with van der Waals surface area (Å²) in [6, 6.07) is 19.8. The molecule has 4 aliphatic rings. The lowest BCUT2D eigenvalue weighted by molar-refractivity contribution is -0.138. The van der Waals surface area contributed by atoms with Crippen molar-refractivity contribution in [2.75, 3.05) is 17.4 Å². The normalized spacial score (nSPS) is 25.9. The predicted octanol–water partition coefficient (Wildman–Crippen LogP) is 5.79. The van der Waals surface area contributed by atoms with Gasteiger partial charge in [0.2, 0.25) is 11.8 Å². The molecular weight excluding hydrogens is 721 g/mol. The number of carboxylic acids is 1. The molecule has 3 fully saturated rings. The van der Waals surface area contributed by atoms with Crippen molar-refractivity contribution >= 4 is 52.6 Å². The van der Waals surface area contributed by atoms with Gasteiger partial charge in [-0.3, -0.25) is 24.6 Å². The number of imide groups is 2. The summed E-state index contributed by atoms with van der Waals surface area (Å²) in [7, 11) is 1.38. The van der Waals surface area contributed by atoms with Crippen LogP contribution < -0.4 is 15.1 Å². The van der Waals surface area contributed by atoms with Crippen molar-refractivity contribution in [2.45, 2.75) is 24.2 Å². The largest absolute Gasteiger partial charge is 0.507 e. The maximum absolute atomic E-state index is 15.2. The molecule has 0 bridgehead atoms. The van der Waals surface area contributed by atoms with Crippen molar-refractivity contribution < 1.29 is 48.4 Å². The maximum atomic E-state index is 15.2. The molecule has 6 atom stereocenters. The predicted molar refractivity (Wildman–Crippen MR) is 191 cm³/mol. The van der Waals surface area contributed by atoms with Crippen LogP contribution in [0.2, 0.25) is 5.02 Å². The van der Waals surface area contributed by atoms with Gasteiger partial charge in [0.05, 0.1) is 41.7 Å². The van der Waals surface area contributed by atoms with E-state index in [4.69, 9.17) is 16.3 Å². The number of hydrazine groups is 1. The molecule has 2 heterocycles. The van der Waals surface area contributed by atoms with Crippen LogP contribution >= 0.6 is 11.6 Å². The Morgan fingerprint density at radius 3 is 2.31 bits per heavy atom. The van der Waals surface area contributed by atoms with Crippen molar-refractivity contribution in [3.8, 4) is 17.2 Å². The average molecular weight is 752 g/mol. The van der Waals surface area contributed by atoms with Gasteiger partial charge in [-0.2, -0.15) is 5.01 Å². The van der Waals surface area contributed by atoms with Gasteiger partial charge in [0, 0.05) is 22.6 Å². The average Bonchev–Trinajstić information content (AvgIpc) is 3.53. The minimum absolute atomic E-state index is 0.0152. The molecule has 0 radical (unpaired) electrons. The number of fused-ring (bicyclic) bond motifs is 4. The molecule has 8 rings (SSSR count). The summed E-state index contributed by atoms with van der Waals surface area (Å²) >= 11 is 6.33. The van der Waals surface area contributed by atoms with E-state index in [9.17, 15) is 38.9 Å². The summed E-state index contributed by atoms with van der Waals surface area (Å²) < 4.78 is 19.4. The minimum atomic E-state index is -1.72. The number of aromatic carboxylic acids is 1. The summed E-state index contributed by atoms with van der Waals surface area (Å²) in [4.78, 5) is 71.0. The number of nitrogens with one attached hydrogen (secondary N) is 1. The highest BCUT2D eigenvalue weighted by atomic mass is 35.5. The molecule has 54 heavy (non-hydrogen) atoms. The Hall–Kier alpha value is -6.21. The molecule has 2 saturated heterocycles. The number of amides is 4. The Labute approximate surface area is 312 Å². The number of carbonyl (C=O) groups is 5. The van der Waals surface area contributed by atoms with E-state index in [2.05, 4.69) is 5.43 Å². The molecule has 274 valence electrons. The van der Waals surface area contributed by atoms with Gasteiger partial charge in [-0.25, -0.2) is 14.1 Å². The fourth-order valence-electron chi connectivity index (χ4n) is 9.03. The molecule has 4 N–H and O–H groups in total. The topological polar surface area (TPSA) is 174 Å². The second-order valence-electron chi connectivity index (χ2n) is 13.8. The molecular formula is C40H31ClFN3O9. The Bertz CT molecular complexity index is 2310. The molecule has 12 nitrogen and oxygen atoms in total. The third kappa shape index (κ3) is 4.98. The number of para-hydroxylation sites is 1. The number of hydrogen-bond donors (Lipinski definition) is 4. The zero-order chi connectivity index (χ0) is 38.2. The Morgan fingerprint density at radius 1 is 0.926 bits per heavy atom. The first-order valence-electron chi connectivity index (χ1n) is 17.0. The molecule has 4 aromatic carbocycles. The van der Waals surface area contributed by atoms with E-state index in [1.54, 1.807) is 48.5 Å². The van der Waals surface area contributed by atoms with Gasteiger partial charge >= 0.3 is 5.97 Å². The first-order chi connectivity index (χ1) is 25.9. The standard InChI is InChI=1S/C40H31ClFN3O9/c1-54-31-4-2-3-27(34(31)47)33-24-15-16-26-32(37(50)44(35(26)48)23-13-14-25(38(51)52)30(46)17-23)28(24)18-29-36(49)45(43-22-11-9-21(42)10-12-22)39(53)40(29,33)19-5-7-20(41)8-6-19/h2-15,17,26,28-29,32-33,43,46-47H,16,18H2,1H3,(H,51,52). The van der Waals surface area contributed by atoms with Crippen LogP contribution in [0.3, 0.4) is 0 Å². The minimum Gasteiger partial charge on any atom is -0.507 e. The molecule has 2 aliphatic carbocycles. The summed E-state index contributed by atoms with van der Waals surface area (Å²) in [6.07, 6.45) is 1.81. The van der Waals surface area contributed by atoms with Crippen LogP contribution in [0.5, 0.6) is 17.2 Å². The van der Waals surface area contributed by atoms with Gasteiger partial charge in [0.15, 0.2) is 11.5 Å². The highest BCUT2D eigenvalue weighted by Gasteiger charge is 2.70. The molecule has 2 aliphatic heterocycles. The molecule has 4 aromatic rings. The third-order valence-electron chi connectivity index (χ3n) is 11.3. The van der Waals surface area contributed by atoms with E-state index in [1.165, 1.54) is 37.4 Å². The zero-order valence-electron chi connectivity index (χ0n) is 28.4. The zero-order valence-corrected chi connectivity index (χ0v) is 29.2. The summed E-state index contributed by atoms with van der Waals surface area (Å²) in [5.41, 5.74) is 2.19. The second kappa shape index (κ2) is 12.7. The number of phenolic OH excluding ortho intramolecular Hbond substituents is 1. The fourth-order valence-corrected chi connectivity index (χ4v) is 9.16. The number of aromatic hydroxyl groups is 2. The Balaban J connectivity index is 1.32. The van der Waals surface area contributed by atoms with Crippen molar-refractivity contribution in [1.29, 1.82) is 0 Å². The van der Waals surface area contributed by atoms with Crippen LogP contribution in [0.1, 0.15) is 40.2 Å². The highest BCUT2D eigenvalue weighted by molar-refractivity contribution is 6.30. The van der Waals surface area contributed by atoms with Crippen LogP contribution in [-0.2, 0) is 24.6 Å². The molecule has 4 amide bonds. The number of rotatable bonds is 7. The second-order valence-corrected chi connectivity index (χ2v) is 14.2. The van der Waals surface area contributed by atoms with Crippen LogP contribution in [0.4, 0.5) is 15.8 Å². The van der Waals surface area contributed by atoms with Crippen molar-refractivity contribution in [1.82, 2.24) is 5.01 Å². The molecule has 6 unspecified atom stereocenters. The van der Waals surface area contributed by atoms with Gasteiger partial charge in [-0.05, 0) is 78.9 Å². The summed E-state index contributed by atoms with van der Waals surface area (Å²) in [5.74, 6) is -10.1. The molecule has 14 heteroatoms. The molecule has 1 saturated carbocycles. The van der Waals surface area contributed by atoms with Crippen LogP contribution in [-0.4, -0.2) is 57.0 Å². The number of methoxy groups -OCH3 is 1. The lowest BCUT2D eigenvalue weighted by Crippen LogP contribution is -2.53. The lowest BCUT2D eigenvalue weighted by atomic mass is 9.49. The number of anilines is 2. The number of nitrogens with zero attached hydrogens (tertiary/aromatic N) is 2. The van der Waals surface area contributed by atoms with Crippen LogP contribution in [0.15, 0.2) is 96.6 Å². The van der Waals surface area contributed by atoms with Crippen LogP contribution in [0.25, 0.3) is 0 Å². The Morgan fingerprint density at radius 2 is 1.65 bits per heavy atom. The fraction of sp³-hybridized carbons (Fsp3) is 0.225.